The molecule has 0 aromatic heterocycles. The summed E-state index contributed by atoms with van der Waals surface area (Å²) in [6, 6.07) is 0. The fourth-order valence-electron chi connectivity index (χ4n) is 2.45. The molecule has 0 spiro atoms. The quantitative estimate of drug-likeness (QED) is 0.731. The van der Waals surface area contributed by atoms with Crippen molar-refractivity contribution in [3.8, 4) is 0 Å². The number of unbranched alkanes of at least 4 members (excludes halogenated alkanes) is 1. The van der Waals surface area contributed by atoms with Crippen LogP contribution in [0.25, 0.3) is 0 Å². The lowest BCUT2D eigenvalue weighted by molar-refractivity contribution is 0.0184. The Morgan fingerprint density at radius 2 is 1.95 bits per heavy atom. The SMILES string of the molecule is CSCCCCNCC1CCN(C(=O)OC(C)(C)C)CC1. The Labute approximate surface area is 134 Å². The molecule has 1 N–H and O–H groups in total. The molecule has 0 saturated carbocycles. The van der Waals surface area contributed by atoms with Gasteiger partial charge in [-0.1, -0.05) is 0 Å². The first-order valence-electron chi connectivity index (χ1n) is 8.10. The predicted octanol–water partition coefficient (Wildman–Crippen LogP) is 3.37. The molecule has 1 heterocycles. The van der Waals surface area contributed by atoms with E-state index in [0.29, 0.717) is 5.92 Å². The zero-order valence-electron chi connectivity index (χ0n) is 14.1. The monoisotopic (exact) mass is 316 g/mol. The third-order valence-electron chi connectivity index (χ3n) is 3.65. The lowest BCUT2D eigenvalue weighted by Crippen LogP contribution is -2.43. The largest absolute Gasteiger partial charge is 0.444 e. The lowest BCUT2D eigenvalue weighted by atomic mass is 9.97. The van der Waals surface area contributed by atoms with E-state index < -0.39 is 5.60 Å². The van der Waals surface area contributed by atoms with E-state index in [0.717, 1.165) is 39.0 Å². The van der Waals surface area contributed by atoms with Crippen LogP contribution in [0, 0.1) is 5.92 Å². The summed E-state index contributed by atoms with van der Waals surface area (Å²) >= 11 is 1.92. The van der Waals surface area contributed by atoms with Gasteiger partial charge in [0, 0.05) is 13.1 Å². The highest BCUT2D eigenvalue weighted by atomic mass is 32.2. The van der Waals surface area contributed by atoms with Crippen LogP contribution in [0.5, 0.6) is 0 Å². The highest BCUT2D eigenvalue weighted by Gasteiger charge is 2.26. The second kappa shape index (κ2) is 9.57. The zero-order chi connectivity index (χ0) is 15.7. The van der Waals surface area contributed by atoms with E-state index in [-0.39, 0.29) is 6.09 Å². The second-order valence-electron chi connectivity index (χ2n) is 6.81. The second-order valence-corrected chi connectivity index (χ2v) is 7.80. The molecular weight excluding hydrogens is 284 g/mol. The van der Waals surface area contributed by atoms with Crippen LogP contribution in [0.2, 0.25) is 0 Å². The Hall–Kier alpha value is -0.420. The van der Waals surface area contributed by atoms with Crippen LogP contribution in [0.3, 0.4) is 0 Å². The Kier molecular flexibility index (Phi) is 8.49. The number of rotatable bonds is 7. The molecule has 124 valence electrons. The van der Waals surface area contributed by atoms with Crippen LogP contribution in [-0.2, 0) is 4.74 Å². The third-order valence-corrected chi connectivity index (χ3v) is 4.35. The molecule has 1 rings (SSSR count). The lowest BCUT2D eigenvalue weighted by Gasteiger charge is -2.33. The van der Waals surface area contributed by atoms with Gasteiger partial charge in [-0.3, -0.25) is 0 Å². The van der Waals surface area contributed by atoms with Crippen LogP contribution < -0.4 is 5.32 Å². The first-order valence-corrected chi connectivity index (χ1v) is 9.49. The van der Waals surface area contributed by atoms with Crippen LogP contribution in [-0.4, -0.2) is 54.8 Å². The molecule has 5 heteroatoms. The van der Waals surface area contributed by atoms with Gasteiger partial charge in [-0.05, 0) is 77.5 Å². The fourth-order valence-corrected chi connectivity index (χ4v) is 2.94. The van der Waals surface area contributed by atoms with Crippen LogP contribution in [0.15, 0.2) is 0 Å². The van der Waals surface area contributed by atoms with Gasteiger partial charge >= 0.3 is 6.09 Å². The molecule has 21 heavy (non-hydrogen) atoms. The van der Waals surface area contributed by atoms with Gasteiger partial charge in [-0.25, -0.2) is 4.79 Å². The maximum atomic E-state index is 12.0. The minimum absolute atomic E-state index is 0.161. The molecule has 0 aliphatic carbocycles. The number of likely N-dealkylation sites (tertiary alicyclic amines) is 1. The minimum atomic E-state index is -0.397. The van der Waals surface area contributed by atoms with Gasteiger partial charge in [0.1, 0.15) is 5.60 Å². The number of hydrogen-bond donors (Lipinski definition) is 1. The molecule has 1 saturated heterocycles. The van der Waals surface area contributed by atoms with Gasteiger partial charge in [-0.2, -0.15) is 11.8 Å². The molecular formula is C16H32N2O2S. The Morgan fingerprint density at radius 1 is 1.29 bits per heavy atom. The van der Waals surface area contributed by atoms with Gasteiger partial charge < -0.3 is 15.0 Å². The minimum Gasteiger partial charge on any atom is -0.444 e. The van der Waals surface area contributed by atoms with E-state index in [1.807, 2.05) is 37.4 Å². The van der Waals surface area contributed by atoms with Crippen LogP contribution in [0.4, 0.5) is 4.79 Å². The number of hydrogen-bond acceptors (Lipinski definition) is 4. The summed E-state index contributed by atoms with van der Waals surface area (Å²) in [5.74, 6) is 1.96. The zero-order valence-corrected chi connectivity index (χ0v) is 14.9. The van der Waals surface area contributed by atoms with E-state index in [1.54, 1.807) is 0 Å². The smallest absolute Gasteiger partial charge is 0.410 e. The van der Waals surface area contributed by atoms with Crippen LogP contribution >= 0.6 is 11.8 Å². The average Bonchev–Trinajstić information content (AvgIpc) is 2.41. The molecule has 1 amide bonds. The summed E-state index contributed by atoms with van der Waals surface area (Å²) in [7, 11) is 0. The normalized spacial score (nSPS) is 17.0. The van der Waals surface area contributed by atoms with Gasteiger partial charge in [0.05, 0.1) is 0 Å². The molecule has 0 atom stereocenters. The van der Waals surface area contributed by atoms with Crippen molar-refractivity contribution >= 4 is 17.9 Å². The predicted molar refractivity (Wildman–Crippen MR) is 91.0 cm³/mol. The molecule has 0 bridgehead atoms. The van der Waals surface area contributed by atoms with Crippen molar-refractivity contribution in [3.05, 3.63) is 0 Å². The molecule has 4 nitrogen and oxygen atoms in total. The van der Waals surface area contributed by atoms with Crippen molar-refractivity contribution in [3.63, 3.8) is 0 Å². The molecule has 1 aliphatic heterocycles. The summed E-state index contributed by atoms with van der Waals surface area (Å²) in [6.07, 6.45) is 6.72. The summed E-state index contributed by atoms with van der Waals surface area (Å²) in [5, 5.41) is 3.55. The van der Waals surface area contributed by atoms with E-state index in [2.05, 4.69) is 11.6 Å². The van der Waals surface area contributed by atoms with E-state index in [9.17, 15) is 4.79 Å². The molecule has 1 fully saturated rings. The van der Waals surface area contributed by atoms with Gasteiger partial charge in [0.15, 0.2) is 0 Å². The number of carbonyl (C=O) groups is 1. The van der Waals surface area contributed by atoms with Gasteiger partial charge in [0.2, 0.25) is 0 Å². The number of ether oxygens (including phenoxy) is 1. The van der Waals surface area contributed by atoms with Gasteiger partial charge in [0.25, 0.3) is 0 Å². The Morgan fingerprint density at radius 3 is 2.52 bits per heavy atom. The van der Waals surface area contributed by atoms with Crippen molar-refractivity contribution in [2.45, 2.75) is 52.1 Å². The maximum Gasteiger partial charge on any atom is 0.410 e. The Bertz CT molecular complexity index is 297. The highest BCUT2D eigenvalue weighted by Crippen LogP contribution is 2.19. The maximum absolute atomic E-state index is 12.0. The van der Waals surface area contributed by atoms with E-state index >= 15 is 0 Å². The van der Waals surface area contributed by atoms with Crippen molar-refractivity contribution in [2.75, 3.05) is 38.2 Å². The summed E-state index contributed by atoms with van der Waals surface area (Å²) in [4.78, 5) is 13.8. The molecule has 1 aliphatic rings. The van der Waals surface area contributed by atoms with E-state index in [1.165, 1.54) is 18.6 Å². The van der Waals surface area contributed by atoms with Crippen molar-refractivity contribution in [1.82, 2.24) is 10.2 Å². The highest BCUT2D eigenvalue weighted by molar-refractivity contribution is 7.98. The standard InChI is InChI=1S/C16H32N2O2S/c1-16(2,3)20-15(19)18-10-7-14(8-11-18)13-17-9-5-6-12-21-4/h14,17H,5-13H2,1-4H3. The number of nitrogens with one attached hydrogen (secondary N) is 1. The first-order chi connectivity index (χ1) is 9.92. The summed E-state index contributed by atoms with van der Waals surface area (Å²) < 4.78 is 5.42. The fraction of sp³-hybridized carbons (Fsp3) is 0.938. The average molecular weight is 317 g/mol. The van der Waals surface area contributed by atoms with Crippen molar-refractivity contribution in [1.29, 1.82) is 0 Å². The topological polar surface area (TPSA) is 41.6 Å². The van der Waals surface area contributed by atoms with Crippen LogP contribution in [0.1, 0.15) is 46.5 Å². The molecule has 0 aromatic rings. The Balaban J connectivity index is 2.10. The molecule has 0 unspecified atom stereocenters. The number of amides is 1. The van der Waals surface area contributed by atoms with E-state index in [4.69, 9.17) is 4.74 Å². The third kappa shape index (κ3) is 8.57. The van der Waals surface area contributed by atoms with Crippen molar-refractivity contribution < 1.29 is 9.53 Å². The molecule has 0 aromatic carbocycles. The van der Waals surface area contributed by atoms with Gasteiger partial charge in [-0.15, -0.1) is 0 Å². The number of piperidine rings is 1. The molecule has 0 radical (unpaired) electrons. The number of carbonyl (C=O) groups excluding carboxylic acids is 1. The number of nitrogens with zero attached hydrogens (tertiary/aromatic N) is 1. The first kappa shape index (κ1) is 18.6. The van der Waals surface area contributed by atoms with Crippen molar-refractivity contribution in [2.24, 2.45) is 5.92 Å². The summed E-state index contributed by atoms with van der Waals surface area (Å²) in [6.45, 7) is 9.60. The summed E-state index contributed by atoms with van der Waals surface area (Å²) in [5.41, 5.74) is -0.397. The number of thioether (sulfide) groups is 1.